The average molecular weight is 382 g/mol. The molecule has 0 saturated heterocycles. The molecule has 0 saturated carbocycles. The minimum Gasteiger partial charge on any atom is -0.487 e. The van der Waals surface area contributed by atoms with Crippen LogP contribution in [0, 0.1) is 12.8 Å². The summed E-state index contributed by atoms with van der Waals surface area (Å²) in [5.74, 6) is 1.23. The zero-order valence-corrected chi connectivity index (χ0v) is 17.3. The molecular weight excluding hydrogens is 350 g/mol. The van der Waals surface area contributed by atoms with Gasteiger partial charge in [-0.05, 0) is 55.2 Å². The number of nitrogens with zero attached hydrogens (tertiary/aromatic N) is 2. The number of H-pyrrole nitrogens is 1. The van der Waals surface area contributed by atoms with E-state index in [4.69, 9.17) is 4.74 Å². The Labute approximate surface area is 168 Å². The van der Waals surface area contributed by atoms with E-state index in [1.807, 2.05) is 60.6 Å². The molecule has 1 aromatic carbocycles. The van der Waals surface area contributed by atoms with E-state index in [-0.39, 0.29) is 5.91 Å². The van der Waals surface area contributed by atoms with E-state index in [2.05, 4.69) is 30.7 Å². The number of carbonyl (C=O) groups excluding carboxylic acids is 1. The maximum atomic E-state index is 12.8. The van der Waals surface area contributed by atoms with Crippen LogP contribution in [0.2, 0.25) is 0 Å². The number of aryl methyl sites for hydroxylation is 1. The number of aromatic amines is 1. The zero-order chi connectivity index (χ0) is 20.4. The molecule has 0 fully saturated rings. The van der Waals surface area contributed by atoms with Gasteiger partial charge in [0.15, 0.2) is 0 Å². The highest BCUT2D eigenvalue weighted by Gasteiger charge is 2.16. The smallest absolute Gasteiger partial charge is 0.253 e. The Balaban J connectivity index is 2.03. The second kappa shape index (κ2) is 11.1. The molecule has 0 spiro atoms. The summed E-state index contributed by atoms with van der Waals surface area (Å²) in [6, 6.07) is 11.2. The van der Waals surface area contributed by atoms with E-state index in [1.165, 1.54) is 0 Å². The minimum absolute atomic E-state index is 0.0730. The predicted octanol–water partition coefficient (Wildman–Crippen LogP) is 4.93. The summed E-state index contributed by atoms with van der Waals surface area (Å²) in [4.78, 5) is 22.2. The molecule has 0 aliphatic carbocycles. The van der Waals surface area contributed by atoms with E-state index in [9.17, 15) is 4.79 Å². The van der Waals surface area contributed by atoms with E-state index >= 15 is 0 Å². The Morgan fingerprint density at radius 2 is 1.93 bits per heavy atom. The van der Waals surface area contributed by atoms with Crippen molar-refractivity contribution in [1.82, 2.24) is 14.9 Å². The first-order valence-electron chi connectivity index (χ1n) is 9.84. The highest BCUT2D eigenvalue weighted by Crippen LogP contribution is 2.16. The van der Waals surface area contributed by atoms with Crippen LogP contribution in [-0.2, 0) is 6.61 Å². The van der Waals surface area contributed by atoms with Gasteiger partial charge in [0.25, 0.3) is 5.91 Å². The van der Waals surface area contributed by atoms with Crippen LogP contribution in [0.4, 0.5) is 0 Å². The van der Waals surface area contributed by atoms with Gasteiger partial charge in [-0.25, -0.2) is 0 Å². The summed E-state index contributed by atoms with van der Waals surface area (Å²) in [6.45, 7) is 10.2. The number of ether oxygens (including phenoxy) is 1. The Morgan fingerprint density at radius 3 is 2.61 bits per heavy atom. The Bertz CT molecular complexity index is 796. The first kappa shape index (κ1) is 21.5. The van der Waals surface area contributed by atoms with Gasteiger partial charge in [0.1, 0.15) is 12.4 Å². The predicted molar refractivity (Wildman–Crippen MR) is 113 cm³/mol. The first-order valence-corrected chi connectivity index (χ1v) is 9.84. The molecule has 150 valence electrons. The van der Waals surface area contributed by atoms with Crippen LogP contribution in [-0.4, -0.2) is 33.9 Å². The molecule has 5 heteroatoms. The van der Waals surface area contributed by atoms with Gasteiger partial charge in [0.05, 0.1) is 5.69 Å². The monoisotopic (exact) mass is 381 g/mol. The molecule has 2 aromatic rings. The van der Waals surface area contributed by atoms with Crippen LogP contribution in [0.3, 0.4) is 0 Å². The van der Waals surface area contributed by atoms with E-state index < -0.39 is 0 Å². The lowest BCUT2D eigenvalue weighted by Gasteiger charge is -2.24. The summed E-state index contributed by atoms with van der Waals surface area (Å²) in [6.07, 6.45) is 6.43. The van der Waals surface area contributed by atoms with E-state index in [1.54, 1.807) is 6.20 Å². The van der Waals surface area contributed by atoms with Gasteiger partial charge >= 0.3 is 0 Å². The fraction of sp³-hybridized carbons (Fsp3) is 0.391. The highest BCUT2D eigenvalue weighted by atomic mass is 16.5. The van der Waals surface area contributed by atoms with Crippen molar-refractivity contribution in [3.05, 3.63) is 71.8 Å². The number of aromatic nitrogens is 2. The SMILES string of the molecule is CCCN(CC(C)C)C(=O)c1ccc(OCc2c[nH]cc(C)cccn2)cc1. The third-order valence-corrected chi connectivity index (χ3v) is 4.10. The largest absolute Gasteiger partial charge is 0.487 e. The fourth-order valence-corrected chi connectivity index (χ4v) is 2.79. The van der Waals surface area contributed by atoms with Crippen LogP contribution in [0.5, 0.6) is 5.75 Å². The third kappa shape index (κ3) is 7.06. The van der Waals surface area contributed by atoms with Crippen molar-refractivity contribution in [1.29, 1.82) is 0 Å². The second-order valence-corrected chi connectivity index (χ2v) is 7.29. The van der Waals surface area contributed by atoms with Gasteiger partial charge in [-0.15, -0.1) is 0 Å². The average Bonchev–Trinajstić information content (AvgIpc) is 2.77. The van der Waals surface area contributed by atoms with Crippen molar-refractivity contribution in [3.8, 4) is 5.75 Å². The Kier molecular flexibility index (Phi) is 8.53. The molecular formula is C23H31N3O2. The van der Waals surface area contributed by atoms with Crippen LogP contribution in [0.15, 0.2) is 55.0 Å². The first-order chi connectivity index (χ1) is 13.5. The standard InChI is InChI=1S/C23H31N3O2/c1-5-13-26(16-18(2)3)23(27)20-8-10-22(11-9-20)28-17-21-15-24-14-19(4)7-6-12-25-21/h6-12,14-15,18,24H,5,13,16-17H2,1-4H3. The van der Waals surface area contributed by atoms with Crippen molar-refractivity contribution in [2.75, 3.05) is 13.1 Å². The summed E-state index contributed by atoms with van der Waals surface area (Å²) in [5.41, 5.74) is 2.58. The topological polar surface area (TPSA) is 58.2 Å². The van der Waals surface area contributed by atoms with Crippen LogP contribution >= 0.6 is 0 Å². The lowest BCUT2D eigenvalue weighted by atomic mass is 10.1. The summed E-state index contributed by atoms with van der Waals surface area (Å²) in [7, 11) is 0. The molecule has 28 heavy (non-hydrogen) atoms. The number of benzene rings is 1. The molecule has 0 unspecified atom stereocenters. The molecule has 2 rings (SSSR count). The third-order valence-electron chi connectivity index (χ3n) is 4.10. The van der Waals surface area contributed by atoms with Gasteiger partial charge in [0.2, 0.25) is 0 Å². The van der Waals surface area contributed by atoms with Gasteiger partial charge in [-0.3, -0.25) is 9.78 Å². The molecule has 1 N–H and O–H groups in total. The highest BCUT2D eigenvalue weighted by molar-refractivity contribution is 5.94. The van der Waals surface area contributed by atoms with Crippen LogP contribution in [0.1, 0.15) is 48.8 Å². The van der Waals surface area contributed by atoms with Gasteiger partial charge in [-0.2, -0.15) is 0 Å². The maximum absolute atomic E-state index is 12.8. The number of hydrogen-bond donors (Lipinski definition) is 1. The Morgan fingerprint density at radius 1 is 1.18 bits per heavy atom. The summed E-state index contributed by atoms with van der Waals surface area (Å²) >= 11 is 0. The van der Waals surface area contributed by atoms with Gasteiger partial charge in [0, 0.05) is 37.2 Å². The lowest BCUT2D eigenvalue weighted by molar-refractivity contribution is 0.0736. The number of nitrogens with one attached hydrogen (secondary N) is 1. The Hall–Kier alpha value is -2.82. The summed E-state index contributed by atoms with van der Waals surface area (Å²) < 4.78 is 5.83. The zero-order valence-electron chi connectivity index (χ0n) is 17.3. The molecule has 5 nitrogen and oxygen atoms in total. The summed E-state index contributed by atoms with van der Waals surface area (Å²) in [5, 5.41) is 0. The molecule has 0 bridgehead atoms. The van der Waals surface area contributed by atoms with E-state index in [0.717, 1.165) is 30.8 Å². The van der Waals surface area contributed by atoms with Crippen molar-refractivity contribution < 1.29 is 9.53 Å². The number of hydrogen-bond acceptors (Lipinski definition) is 3. The minimum atomic E-state index is 0.0730. The quantitative estimate of drug-likeness (QED) is 0.705. The van der Waals surface area contributed by atoms with E-state index in [0.29, 0.717) is 23.8 Å². The number of carbonyl (C=O) groups is 1. The number of rotatable bonds is 8. The lowest BCUT2D eigenvalue weighted by Crippen LogP contribution is -2.34. The molecule has 1 amide bonds. The van der Waals surface area contributed by atoms with Gasteiger partial charge in [-0.1, -0.05) is 26.8 Å². The molecule has 0 aliphatic rings. The number of amides is 1. The molecule has 1 aromatic heterocycles. The van der Waals surface area contributed by atoms with Crippen molar-refractivity contribution >= 4 is 5.91 Å². The van der Waals surface area contributed by atoms with Crippen molar-refractivity contribution in [2.24, 2.45) is 5.92 Å². The molecule has 1 heterocycles. The second-order valence-electron chi connectivity index (χ2n) is 7.29. The molecule has 0 atom stereocenters. The van der Waals surface area contributed by atoms with Crippen LogP contribution in [0.25, 0.3) is 0 Å². The molecule has 0 radical (unpaired) electrons. The normalized spacial score (nSPS) is 10.5. The maximum Gasteiger partial charge on any atom is 0.253 e. The fourth-order valence-electron chi connectivity index (χ4n) is 2.79. The molecule has 0 aliphatic heterocycles. The van der Waals surface area contributed by atoms with Crippen LogP contribution < -0.4 is 4.74 Å². The van der Waals surface area contributed by atoms with Crippen molar-refractivity contribution in [2.45, 2.75) is 40.7 Å². The van der Waals surface area contributed by atoms with Gasteiger partial charge < -0.3 is 14.6 Å². The van der Waals surface area contributed by atoms with Crippen molar-refractivity contribution in [3.63, 3.8) is 0 Å².